The molecule has 0 saturated heterocycles. The molecule has 0 spiro atoms. The summed E-state index contributed by atoms with van der Waals surface area (Å²) >= 11 is 0. The van der Waals surface area contributed by atoms with Gasteiger partial charge >= 0.3 is 0 Å². The number of hydrogen-bond acceptors (Lipinski definition) is 2. The Morgan fingerprint density at radius 3 is 2.25 bits per heavy atom. The fourth-order valence-electron chi connectivity index (χ4n) is 10.3. The Hall–Kier alpha value is -4.61. The second-order valence-corrected chi connectivity index (χ2v) is 24.9. The van der Waals surface area contributed by atoms with Gasteiger partial charge in [-0.3, -0.25) is 4.98 Å². The zero-order valence-corrected chi connectivity index (χ0v) is 42.2. The van der Waals surface area contributed by atoms with Crippen LogP contribution in [0.4, 0.5) is 0 Å². The molecule has 8 aromatic rings. The summed E-state index contributed by atoms with van der Waals surface area (Å²) in [6.45, 7) is 15.4. The van der Waals surface area contributed by atoms with Crippen LogP contribution in [0.1, 0.15) is 125 Å². The summed E-state index contributed by atoms with van der Waals surface area (Å²) in [4.78, 5) is 9.71. The molecule has 0 aliphatic heterocycles. The maximum Gasteiger partial charge on any atom is 0.0795 e. The van der Waals surface area contributed by atoms with Gasteiger partial charge in [0.05, 0.1) is 24.9 Å². The fourth-order valence-corrected chi connectivity index (χ4v) is 11.3. The first kappa shape index (κ1) is 39.7. The molecular formula is C58H66IrN4Si-2. The molecule has 0 bridgehead atoms. The molecule has 0 unspecified atom stereocenters. The second-order valence-electron chi connectivity index (χ2n) is 19.8. The maximum atomic E-state index is 7.88. The van der Waals surface area contributed by atoms with Crippen molar-refractivity contribution in [2.24, 2.45) is 5.92 Å². The van der Waals surface area contributed by atoms with Gasteiger partial charge in [-0.05, 0) is 124 Å². The molecule has 2 aliphatic carbocycles. The second kappa shape index (κ2) is 19.5. The van der Waals surface area contributed by atoms with Crippen LogP contribution in [0.3, 0.4) is 0 Å². The van der Waals surface area contributed by atoms with Crippen LogP contribution >= 0.6 is 0 Å². The van der Waals surface area contributed by atoms with E-state index in [1.807, 2.05) is 18.3 Å². The summed E-state index contributed by atoms with van der Waals surface area (Å²) in [6.07, 6.45) is 13.7. The van der Waals surface area contributed by atoms with Gasteiger partial charge < -0.3 is 14.1 Å². The predicted molar refractivity (Wildman–Crippen MR) is 270 cm³/mol. The van der Waals surface area contributed by atoms with Crippen molar-refractivity contribution in [3.63, 3.8) is 0 Å². The van der Waals surface area contributed by atoms with Crippen LogP contribution in [-0.2, 0) is 46.0 Å². The van der Waals surface area contributed by atoms with Gasteiger partial charge in [-0.1, -0.05) is 127 Å². The normalized spacial score (nSPS) is 15.9. The molecule has 1 radical (unpaired) electrons. The van der Waals surface area contributed by atoms with Gasteiger partial charge in [0.15, 0.2) is 0 Å². The van der Waals surface area contributed by atoms with E-state index in [1.165, 1.54) is 113 Å². The monoisotopic (exact) mass is 1040 g/mol. The smallest absolute Gasteiger partial charge is 0.0795 e. The van der Waals surface area contributed by atoms with E-state index in [0.717, 1.165) is 35.9 Å². The summed E-state index contributed by atoms with van der Waals surface area (Å²) in [5.41, 5.74) is 14.4. The molecule has 0 amide bonds. The molecule has 6 heteroatoms. The molecule has 3 aromatic heterocycles. The van der Waals surface area contributed by atoms with Crippen molar-refractivity contribution in [2.45, 2.75) is 137 Å². The molecular weight excluding hydrogens is 973 g/mol. The fraction of sp³-hybridized carbons (Fsp3) is 0.379. The van der Waals surface area contributed by atoms with Crippen molar-refractivity contribution in [3.8, 4) is 22.6 Å². The zero-order chi connectivity index (χ0) is 48.1. The number of hydrogen-bond donors (Lipinski definition) is 0. The number of benzene rings is 5. The van der Waals surface area contributed by atoms with E-state index < -0.39 is 14.9 Å². The van der Waals surface area contributed by atoms with Crippen molar-refractivity contribution in [1.82, 2.24) is 19.1 Å². The molecule has 0 atom stereocenters. The molecule has 5 aromatic carbocycles. The van der Waals surface area contributed by atoms with Crippen LogP contribution in [-0.4, -0.2) is 27.2 Å². The summed E-state index contributed by atoms with van der Waals surface area (Å²) in [7, 11) is -1.43. The summed E-state index contributed by atoms with van der Waals surface area (Å²) in [6, 6.07) is 36.6. The number of rotatable bonds is 9. The third-order valence-electron chi connectivity index (χ3n) is 13.7. The van der Waals surface area contributed by atoms with Crippen LogP contribution in [0.5, 0.6) is 0 Å². The summed E-state index contributed by atoms with van der Waals surface area (Å²) in [5.74, 6) is 2.70. The Bertz CT molecular complexity index is 3070. The molecule has 64 heavy (non-hydrogen) atoms. The van der Waals surface area contributed by atoms with Crippen molar-refractivity contribution < 1.29 is 27.0 Å². The molecule has 2 aliphatic rings. The van der Waals surface area contributed by atoms with Gasteiger partial charge in [0.25, 0.3) is 0 Å². The summed E-state index contributed by atoms with van der Waals surface area (Å²) < 4.78 is 43.0. The molecule has 10 rings (SSSR count). The first-order valence-corrected chi connectivity index (χ1v) is 27.0. The minimum absolute atomic E-state index is 0. The minimum atomic E-state index is -2.47. The zero-order valence-electron chi connectivity index (χ0n) is 43.8. The molecule has 0 N–H and O–H groups in total. The van der Waals surface area contributed by atoms with Crippen molar-refractivity contribution in [3.05, 3.63) is 149 Å². The predicted octanol–water partition coefficient (Wildman–Crippen LogP) is 14.8. The van der Waals surface area contributed by atoms with Gasteiger partial charge in [0.2, 0.25) is 0 Å². The van der Waals surface area contributed by atoms with E-state index in [-0.39, 0.29) is 37.8 Å². The average molecular weight is 1040 g/mol. The van der Waals surface area contributed by atoms with Crippen LogP contribution in [0.2, 0.25) is 19.6 Å². The molecule has 1 fully saturated rings. The summed E-state index contributed by atoms with van der Waals surface area (Å²) in [5, 5.41) is 4.10. The Labute approximate surface area is 404 Å². The van der Waals surface area contributed by atoms with Gasteiger partial charge in [-0.15, -0.1) is 59.1 Å². The van der Waals surface area contributed by atoms with Crippen molar-refractivity contribution in [2.75, 3.05) is 0 Å². The van der Waals surface area contributed by atoms with Crippen LogP contribution in [0.25, 0.3) is 55.5 Å². The van der Waals surface area contributed by atoms with Gasteiger partial charge in [-0.2, -0.15) is 0 Å². The van der Waals surface area contributed by atoms with E-state index in [2.05, 4.69) is 140 Å². The Kier molecular flexibility index (Phi) is 12.1. The third kappa shape index (κ3) is 9.39. The molecule has 4 nitrogen and oxygen atoms in total. The largest absolute Gasteiger partial charge is 0.380 e. The first-order chi connectivity index (χ1) is 32.5. The van der Waals surface area contributed by atoms with Crippen LogP contribution < -0.4 is 5.19 Å². The van der Waals surface area contributed by atoms with Crippen LogP contribution in [0.15, 0.2) is 103 Å². The molecule has 1 saturated carbocycles. The molecule has 333 valence electrons. The van der Waals surface area contributed by atoms with E-state index >= 15 is 0 Å². The molecule has 3 heterocycles. The SMILES string of the molecule is CC(C)c1cccc(C(C)C)c1Cn1c(-c2[c-]cc3c(c2)c2c4c(ccc2n3CC2CCCCC2)CCCC4)nc2ccccc21.[2H]c1[c-]c(-c2ccc([Si](C)(C)C)cn2)cc([2H])c1C([2H])([2H])[2H].[Ir]. The number of aromatic nitrogens is 4. The van der Waals surface area contributed by atoms with E-state index in [9.17, 15) is 0 Å². The van der Waals surface area contributed by atoms with E-state index in [4.69, 9.17) is 11.8 Å². The first-order valence-electron chi connectivity index (χ1n) is 26.0. The quantitative estimate of drug-likeness (QED) is 0.107. The Balaban J connectivity index is 0.000000236. The Morgan fingerprint density at radius 2 is 1.55 bits per heavy atom. The van der Waals surface area contributed by atoms with Gasteiger partial charge in [0.1, 0.15) is 0 Å². The van der Waals surface area contributed by atoms with Crippen molar-refractivity contribution in [1.29, 1.82) is 0 Å². The third-order valence-corrected chi connectivity index (χ3v) is 15.8. The minimum Gasteiger partial charge on any atom is -0.380 e. The van der Waals surface area contributed by atoms with E-state index in [1.54, 1.807) is 11.1 Å². The number of fused-ring (bicyclic) bond motifs is 6. The topological polar surface area (TPSA) is 35.6 Å². The maximum absolute atomic E-state index is 7.88. The number of imidazole rings is 1. The van der Waals surface area contributed by atoms with Gasteiger partial charge in [0, 0.05) is 51.8 Å². The number of pyridine rings is 1. The van der Waals surface area contributed by atoms with Gasteiger partial charge in [-0.25, -0.2) is 0 Å². The van der Waals surface area contributed by atoms with Crippen molar-refractivity contribution >= 4 is 46.1 Å². The standard InChI is InChI=1S/C43H48N3.C15H18NSi.Ir/c1-28(2)33-17-12-18-34(29(3)4)37(33)27-46-40-20-11-10-19-38(40)44-43(46)32-22-23-39-36(25-32)42-35-16-9-8-15-31(35)21-24-41(42)45(39)26-30-13-6-5-7-14-30;1-12-5-7-13(8-6-12)15-10-9-14(11-16-15)17(2,3)4;/h10-12,17-21,23-25,28-30H,5-9,13-16,26-27H2,1-4H3;5-7,9-11H,1-4H3;/q2*-1;/i;1D3,5D,6D;. The van der Waals surface area contributed by atoms with E-state index in [0.29, 0.717) is 23.1 Å². The number of para-hydroxylation sites is 2. The van der Waals surface area contributed by atoms with Crippen LogP contribution in [0, 0.1) is 24.9 Å². The average Bonchev–Trinajstić information content (AvgIpc) is 3.83. The Morgan fingerprint density at radius 1 is 0.781 bits per heavy atom. The number of nitrogens with zero attached hydrogens (tertiary/aromatic N) is 4. The number of aryl methyl sites for hydroxylation is 2.